The summed E-state index contributed by atoms with van der Waals surface area (Å²) in [6.07, 6.45) is 5.77. The molecule has 2 aliphatic rings. The van der Waals surface area contributed by atoms with Gasteiger partial charge >= 0.3 is 0 Å². The highest BCUT2D eigenvalue weighted by molar-refractivity contribution is 6.31. The van der Waals surface area contributed by atoms with E-state index in [1.54, 1.807) is 48.6 Å². The lowest BCUT2D eigenvalue weighted by molar-refractivity contribution is -0.110. The second-order valence-corrected chi connectivity index (χ2v) is 9.36. The lowest BCUT2D eigenvalue weighted by Gasteiger charge is -2.32. The Morgan fingerprint density at radius 2 is 0.744 bits per heavy atom. The molecule has 0 atom stereocenters. The third kappa shape index (κ3) is 3.89. The third-order valence-electron chi connectivity index (χ3n) is 7.17. The summed E-state index contributed by atoms with van der Waals surface area (Å²) in [7, 11) is 0. The van der Waals surface area contributed by atoms with Crippen molar-refractivity contribution in [3.05, 3.63) is 167 Å². The van der Waals surface area contributed by atoms with Crippen molar-refractivity contribution < 1.29 is 22.4 Å². The van der Waals surface area contributed by atoms with Gasteiger partial charge in [-0.1, -0.05) is 84.9 Å². The van der Waals surface area contributed by atoms with E-state index in [9.17, 15) is 4.79 Å². The molecule has 0 heterocycles. The first-order chi connectivity index (χ1) is 18.9. The van der Waals surface area contributed by atoms with Crippen LogP contribution in [0.15, 0.2) is 121 Å². The fourth-order valence-electron chi connectivity index (χ4n) is 5.57. The van der Waals surface area contributed by atoms with Gasteiger partial charge in [-0.15, -0.1) is 0 Å². The Kier molecular flexibility index (Phi) is 5.99. The number of carbonyl (C=O) groups excluding carboxylic acids is 1. The number of rotatable bonds is 4. The van der Waals surface area contributed by atoms with E-state index >= 15 is 17.6 Å². The smallest absolute Gasteiger partial charge is 0.178 e. The minimum atomic E-state index is -1.42. The molecule has 0 saturated heterocycles. The van der Waals surface area contributed by atoms with Crippen LogP contribution in [0.25, 0.3) is 22.3 Å². The van der Waals surface area contributed by atoms with Crippen LogP contribution in [0.2, 0.25) is 0 Å². The highest BCUT2D eigenvalue weighted by Crippen LogP contribution is 2.64. The molecule has 2 aliphatic carbocycles. The predicted molar refractivity (Wildman–Crippen MR) is 145 cm³/mol. The minimum Gasteiger partial charge on any atom is -0.290 e. The SMILES string of the molecule is O=C1C=CC2(C=C1)C(c1ccccc1F)=C(c1ccccc1F)C(c1ccccc1F)=C2c1ccccc1F. The van der Waals surface area contributed by atoms with Crippen LogP contribution in [0.5, 0.6) is 0 Å². The summed E-state index contributed by atoms with van der Waals surface area (Å²) >= 11 is 0. The van der Waals surface area contributed by atoms with E-state index in [4.69, 9.17) is 0 Å². The molecule has 0 aliphatic heterocycles. The Hall–Kier alpha value is -4.77. The second kappa shape index (κ2) is 9.52. The Bertz CT molecular complexity index is 1640. The highest BCUT2D eigenvalue weighted by Gasteiger charge is 2.48. The van der Waals surface area contributed by atoms with Crippen LogP contribution in [-0.2, 0) is 4.79 Å². The molecule has 190 valence electrons. The number of hydrogen-bond acceptors (Lipinski definition) is 1. The first kappa shape index (κ1) is 24.6. The summed E-state index contributed by atoms with van der Waals surface area (Å²) in [5.41, 5.74) is 0.00359. The van der Waals surface area contributed by atoms with Gasteiger partial charge in [0.25, 0.3) is 0 Å². The van der Waals surface area contributed by atoms with Gasteiger partial charge in [-0.05, 0) is 58.7 Å². The zero-order valence-electron chi connectivity index (χ0n) is 20.5. The maximum Gasteiger partial charge on any atom is 0.178 e. The average Bonchev–Trinajstić information content (AvgIpc) is 3.21. The van der Waals surface area contributed by atoms with Crippen molar-refractivity contribution in [2.75, 3.05) is 0 Å². The zero-order valence-corrected chi connectivity index (χ0v) is 20.5. The van der Waals surface area contributed by atoms with Crippen molar-refractivity contribution in [1.82, 2.24) is 0 Å². The van der Waals surface area contributed by atoms with Gasteiger partial charge in [-0.2, -0.15) is 0 Å². The maximum atomic E-state index is 15.7. The van der Waals surface area contributed by atoms with Crippen LogP contribution in [0, 0.1) is 28.7 Å². The Balaban J connectivity index is 1.89. The molecular weight excluding hydrogens is 500 g/mol. The molecule has 4 aromatic rings. The van der Waals surface area contributed by atoms with Gasteiger partial charge in [0.1, 0.15) is 23.3 Å². The number of halogens is 4. The largest absolute Gasteiger partial charge is 0.290 e. The summed E-state index contributed by atoms with van der Waals surface area (Å²) in [4.78, 5) is 12.4. The summed E-state index contributed by atoms with van der Waals surface area (Å²) in [5, 5.41) is 0. The molecule has 0 aromatic heterocycles. The van der Waals surface area contributed by atoms with E-state index in [1.807, 2.05) is 0 Å². The Morgan fingerprint density at radius 1 is 0.436 bits per heavy atom. The maximum absolute atomic E-state index is 15.7. The molecular formula is C34H20F4O. The number of allylic oxidation sites excluding steroid dienone is 8. The molecule has 5 heteroatoms. The topological polar surface area (TPSA) is 17.1 Å². The summed E-state index contributed by atoms with van der Waals surface area (Å²) in [5.74, 6) is -2.72. The summed E-state index contributed by atoms with van der Waals surface area (Å²) in [6, 6.07) is 23.9. The normalized spacial score (nSPS) is 16.1. The van der Waals surface area contributed by atoms with E-state index in [-0.39, 0.29) is 50.3 Å². The first-order valence-corrected chi connectivity index (χ1v) is 12.3. The van der Waals surface area contributed by atoms with Crippen LogP contribution in [0.1, 0.15) is 22.3 Å². The molecule has 0 radical (unpaired) electrons. The number of ketones is 1. The number of benzene rings is 4. The van der Waals surface area contributed by atoms with Crippen molar-refractivity contribution in [2.24, 2.45) is 5.41 Å². The van der Waals surface area contributed by atoms with Crippen LogP contribution in [0.3, 0.4) is 0 Å². The van der Waals surface area contributed by atoms with E-state index < -0.39 is 28.7 Å². The molecule has 1 spiro atoms. The van der Waals surface area contributed by atoms with E-state index in [1.165, 1.54) is 72.8 Å². The molecule has 1 nitrogen and oxygen atoms in total. The molecule has 0 bridgehead atoms. The van der Waals surface area contributed by atoms with Gasteiger partial charge in [0.2, 0.25) is 0 Å². The van der Waals surface area contributed by atoms with Crippen LogP contribution >= 0.6 is 0 Å². The van der Waals surface area contributed by atoms with Crippen LogP contribution < -0.4 is 0 Å². The Labute approximate surface area is 222 Å². The van der Waals surface area contributed by atoms with Crippen molar-refractivity contribution >= 4 is 28.1 Å². The van der Waals surface area contributed by atoms with Gasteiger partial charge in [0.05, 0.1) is 5.41 Å². The standard InChI is InChI=1S/C34H20F4O/c35-26-13-5-1-9-22(26)30-31(23-10-2-6-14-27(23)36)33(25-12-4-8-16-29(25)38)34(19-17-21(39)18-20-34)32(30)24-11-3-7-15-28(24)37/h1-20H. The summed E-state index contributed by atoms with van der Waals surface area (Å²) < 4.78 is 62.6. The van der Waals surface area contributed by atoms with Gasteiger partial charge in [0, 0.05) is 22.3 Å². The monoisotopic (exact) mass is 520 g/mol. The van der Waals surface area contributed by atoms with Crippen LogP contribution in [-0.4, -0.2) is 5.78 Å². The van der Waals surface area contributed by atoms with Gasteiger partial charge < -0.3 is 0 Å². The molecule has 0 fully saturated rings. The van der Waals surface area contributed by atoms with Crippen molar-refractivity contribution in [2.45, 2.75) is 0 Å². The lowest BCUT2D eigenvalue weighted by atomic mass is 9.69. The molecule has 0 amide bonds. The zero-order chi connectivity index (χ0) is 27.1. The number of hydrogen-bond donors (Lipinski definition) is 0. The molecule has 0 unspecified atom stereocenters. The molecule has 39 heavy (non-hydrogen) atoms. The van der Waals surface area contributed by atoms with E-state index in [0.717, 1.165) is 0 Å². The van der Waals surface area contributed by atoms with Crippen LogP contribution in [0.4, 0.5) is 17.6 Å². The quantitative estimate of drug-likeness (QED) is 0.247. The van der Waals surface area contributed by atoms with E-state index in [0.29, 0.717) is 0 Å². The molecule has 4 aromatic carbocycles. The molecule has 0 saturated carbocycles. The highest BCUT2D eigenvalue weighted by atomic mass is 19.1. The van der Waals surface area contributed by atoms with Crippen molar-refractivity contribution in [3.63, 3.8) is 0 Å². The molecule has 6 rings (SSSR count). The summed E-state index contributed by atoms with van der Waals surface area (Å²) in [6.45, 7) is 0. The fourth-order valence-corrected chi connectivity index (χ4v) is 5.57. The lowest BCUT2D eigenvalue weighted by Crippen LogP contribution is -2.22. The van der Waals surface area contributed by atoms with E-state index in [2.05, 4.69) is 0 Å². The minimum absolute atomic E-state index is 0.0958. The number of carbonyl (C=O) groups is 1. The van der Waals surface area contributed by atoms with Crippen molar-refractivity contribution in [3.8, 4) is 0 Å². The van der Waals surface area contributed by atoms with Gasteiger partial charge in [0.15, 0.2) is 5.78 Å². The second-order valence-electron chi connectivity index (χ2n) is 9.36. The third-order valence-corrected chi connectivity index (χ3v) is 7.17. The molecule has 0 N–H and O–H groups in total. The average molecular weight is 521 g/mol. The van der Waals surface area contributed by atoms with Gasteiger partial charge in [-0.25, -0.2) is 17.6 Å². The fraction of sp³-hybridized carbons (Fsp3) is 0.0294. The van der Waals surface area contributed by atoms with Gasteiger partial charge in [-0.3, -0.25) is 4.79 Å². The van der Waals surface area contributed by atoms with Crippen molar-refractivity contribution in [1.29, 1.82) is 0 Å². The first-order valence-electron chi connectivity index (χ1n) is 12.3. The Morgan fingerprint density at radius 3 is 1.08 bits per heavy atom. The predicted octanol–water partition coefficient (Wildman–Crippen LogP) is 8.46.